The highest BCUT2D eigenvalue weighted by molar-refractivity contribution is 7.93. The topological polar surface area (TPSA) is 249 Å². The molecular weight excluding hydrogens is 717 g/mol. The largest absolute Gasteiger partial charge is 0.506 e. The van der Waals surface area contributed by atoms with Gasteiger partial charge in [-0.05, 0) is 106 Å². The van der Waals surface area contributed by atoms with Crippen LogP contribution in [0.5, 0.6) is 11.5 Å². The average Bonchev–Trinajstić information content (AvgIpc) is 3.09. The third-order valence-electron chi connectivity index (χ3n) is 7.74. The minimum atomic E-state index is -4.28. The molecule has 17 heteroatoms. The number of carbonyl (C=O) groups excluding carboxylic acids is 1. The second-order valence-electron chi connectivity index (χ2n) is 11.3. The number of nitrogens with one attached hydrogen (secondary N) is 4. The Morgan fingerprint density at radius 1 is 0.462 bits per heavy atom. The number of hydrogen-bond acceptors (Lipinski definition) is 9. The maximum absolute atomic E-state index is 13.1. The quantitative estimate of drug-likeness (QED) is 0.0751. The van der Waals surface area contributed by atoms with Crippen LogP contribution in [0.25, 0.3) is 21.5 Å². The molecule has 0 aromatic heterocycles. The van der Waals surface area contributed by atoms with Gasteiger partial charge in [0.2, 0.25) is 0 Å². The highest BCUT2D eigenvalue weighted by Gasteiger charge is 2.20. The minimum Gasteiger partial charge on any atom is -0.506 e. The molecule has 6 aromatic carbocycles. The van der Waals surface area contributed by atoms with E-state index in [4.69, 9.17) is 0 Å². The van der Waals surface area contributed by atoms with Crippen molar-refractivity contribution in [3.63, 3.8) is 0 Å². The van der Waals surface area contributed by atoms with E-state index in [2.05, 4.69) is 20.1 Å². The molecule has 0 spiro atoms. The number of phenolic OH excluding ortho intramolecular Hbond substituents is 2. The van der Waals surface area contributed by atoms with E-state index in [1.165, 1.54) is 48.5 Å². The first-order valence-electron chi connectivity index (χ1n) is 14.9. The lowest BCUT2D eigenvalue weighted by Crippen LogP contribution is -2.19. The molecule has 0 saturated carbocycles. The summed E-state index contributed by atoms with van der Waals surface area (Å²) in [6.45, 7) is 0. The van der Waals surface area contributed by atoms with E-state index in [0.717, 1.165) is 36.4 Å². The summed E-state index contributed by atoms with van der Waals surface area (Å²) in [6, 6.07) is 23.7. The Labute approximate surface area is 294 Å². The van der Waals surface area contributed by atoms with Crippen molar-refractivity contribution < 1.29 is 51.6 Å². The Kier molecular flexibility index (Phi) is 9.06. The maximum Gasteiger partial charge on any atom is 0.335 e. The number of benzene rings is 6. The molecule has 0 radical (unpaired) electrons. The van der Waals surface area contributed by atoms with Crippen LogP contribution in [0.3, 0.4) is 0 Å². The van der Waals surface area contributed by atoms with Crippen LogP contribution in [-0.4, -0.2) is 55.2 Å². The fourth-order valence-corrected chi connectivity index (χ4v) is 7.34. The lowest BCUT2D eigenvalue weighted by molar-refractivity contribution is 0.0686. The van der Waals surface area contributed by atoms with Gasteiger partial charge in [-0.25, -0.2) is 31.2 Å². The predicted molar refractivity (Wildman–Crippen MR) is 192 cm³/mol. The van der Waals surface area contributed by atoms with Crippen LogP contribution in [0.4, 0.5) is 27.5 Å². The number of amides is 2. The second kappa shape index (κ2) is 13.5. The summed E-state index contributed by atoms with van der Waals surface area (Å²) in [5.41, 5.74) is -0.509. The molecule has 0 fully saturated rings. The monoisotopic (exact) mass is 742 g/mol. The van der Waals surface area contributed by atoms with Gasteiger partial charge in [0.05, 0.1) is 32.3 Å². The van der Waals surface area contributed by atoms with Crippen molar-refractivity contribution in [2.45, 2.75) is 9.79 Å². The minimum absolute atomic E-state index is 0.194. The molecule has 8 N–H and O–H groups in total. The van der Waals surface area contributed by atoms with Crippen molar-refractivity contribution in [3.05, 3.63) is 120 Å². The van der Waals surface area contributed by atoms with E-state index in [1.54, 1.807) is 24.3 Å². The fourth-order valence-electron chi connectivity index (χ4n) is 5.14. The normalized spacial score (nSPS) is 11.5. The summed E-state index contributed by atoms with van der Waals surface area (Å²) in [6.07, 6.45) is 0. The molecule has 0 aliphatic heterocycles. The summed E-state index contributed by atoms with van der Waals surface area (Å²) in [4.78, 5) is 35.2. The predicted octanol–water partition coefficient (Wildman–Crippen LogP) is 6.05. The third-order valence-corrected chi connectivity index (χ3v) is 10.5. The molecule has 0 bridgehead atoms. The van der Waals surface area contributed by atoms with E-state index in [0.29, 0.717) is 32.9 Å². The number of carboxylic acids is 2. The summed E-state index contributed by atoms with van der Waals surface area (Å²) in [5.74, 6) is -3.56. The number of anilines is 4. The Balaban J connectivity index is 1.18. The first kappa shape index (κ1) is 35.0. The van der Waals surface area contributed by atoms with Crippen molar-refractivity contribution >= 4 is 82.3 Å². The number of urea groups is 1. The first-order chi connectivity index (χ1) is 24.6. The van der Waals surface area contributed by atoms with Crippen LogP contribution in [0, 0.1) is 0 Å². The van der Waals surface area contributed by atoms with Gasteiger partial charge in [0.1, 0.15) is 11.5 Å². The summed E-state index contributed by atoms with van der Waals surface area (Å²) < 4.78 is 56.9. The van der Waals surface area contributed by atoms with Crippen molar-refractivity contribution in [1.82, 2.24) is 0 Å². The highest BCUT2D eigenvalue weighted by atomic mass is 32.2. The number of aromatic carboxylic acids is 2. The smallest absolute Gasteiger partial charge is 0.335 e. The van der Waals surface area contributed by atoms with E-state index in [1.807, 2.05) is 0 Å². The number of carbonyl (C=O) groups is 3. The van der Waals surface area contributed by atoms with E-state index >= 15 is 0 Å². The number of sulfonamides is 2. The molecule has 0 atom stereocenters. The second-order valence-corrected chi connectivity index (χ2v) is 14.7. The molecule has 0 heterocycles. The Hall–Kier alpha value is -6.85. The molecule has 15 nitrogen and oxygen atoms in total. The lowest BCUT2D eigenvalue weighted by atomic mass is 10.1. The molecule has 0 aliphatic rings. The van der Waals surface area contributed by atoms with Crippen LogP contribution >= 0.6 is 0 Å². The first-order valence-corrected chi connectivity index (χ1v) is 17.9. The summed E-state index contributed by atoms with van der Waals surface area (Å²) in [7, 11) is -8.55. The van der Waals surface area contributed by atoms with Crippen LogP contribution in [-0.2, 0) is 20.0 Å². The van der Waals surface area contributed by atoms with Crippen molar-refractivity contribution in [2.24, 2.45) is 0 Å². The third kappa shape index (κ3) is 7.49. The maximum atomic E-state index is 13.1. The van der Waals surface area contributed by atoms with Gasteiger partial charge < -0.3 is 31.1 Å². The van der Waals surface area contributed by atoms with Gasteiger partial charge in [0.15, 0.2) is 0 Å². The molecule has 0 saturated heterocycles. The number of aromatic hydroxyl groups is 2. The molecule has 6 aromatic rings. The van der Waals surface area contributed by atoms with Gasteiger partial charge in [0.25, 0.3) is 20.0 Å². The average molecular weight is 743 g/mol. The molecule has 264 valence electrons. The van der Waals surface area contributed by atoms with Gasteiger partial charge in [-0.15, -0.1) is 0 Å². The highest BCUT2D eigenvalue weighted by Crippen LogP contribution is 2.31. The molecule has 0 aliphatic carbocycles. The van der Waals surface area contributed by atoms with E-state index in [-0.39, 0.29) is 32.3 Å². The molecule has 0 unspecified atom stereocenters. The van der Waals surface area contributed by atoms with Gasteiger partial charge in [-0.1, -0.05) is 24.3 Å². The summed E-state index contributed by atoms with van der Waals surface area (Å²) in [5, 5.41) is 46.1. The lowest BCUT2D eigenvalue weighted by Gasteiger charge is -2.13. The number of carboxylic acid groups (broad SMARTS) is 2. The molecule has 2 amide bonds. The van der Waals surface area contributed by atoms with E-state index in [9.17, 15) is 51.6 Å². The summed E-state index contributed by atoms with van der Waals surface area (Å²) >= 11 is 0. The van der Waals surface area contributed by atoms with Crippen LogP contribution in [0.1, 0.15) is 20.7 Å². The van der Waals surface area contributed by atoms with E-state index < -0.39 is 49.5 Å². The van der Waals surface area contributed by atoms with Gasteiger partial charge >= 0.3 is 18.0 Å². The van der Waals surface area contributed by atoms with Gasteiger partial charge in [0, 0.05) is 11.4 Å². The number of phenols is 2. The zero-order valence-electron chi connectivity index (χ0n) is 26.4. The Morgan fingerprint density at radius 2 is 0.846 bits per heavy atom. The number of hydrogen-bond donors (Lipinski definition) is 8. The van der Waals surface area contributed by atoms with Crippen LogP contribution in [0.2, 0.25) is 0 Å². The molecule has 6 rings (SSSR count). The van der Waals surface area contributed by atoms with Crippen LogP contribution in [0.15, 0.2) is 119 Å². The SMILES string of the molecule is O=C(Nc1ccc2ccc(S(=O)(=O)Nc3cc(C(=O)O)ccc3O)cc2c1)Nc1ccc2ccc(S(=O)(=O)Nc3cc(C(=O)O)ccc3O)cc2c1. The zero-order valence-corrected chi connectivity index (χ0v) is 28.0. The standard InChI is InChI=1S/C35H26N4O11S2/c40-31-11-5-21(33(42)43)17-29(31)38-51(47,48)27-9-3-19-1-7-25(13-23(19)15-27)36-35(46)37-26-8-2-20-4-10-28(16-24(20)14-26)52(49,50)39-30-18-22(34(44)45)6-12-32(30)41/h1-18,38-41H,(H,42,43)(H,44,45)(H2,36,37,46). The zero-order chi connectivity index (χ0) is 37.4. The Morgan fingerprint density at radius 3 is 1.23 bits per heavy atom. The van der Waals surface area contributed by atoms with Gasteiger partial charge in [-0.3, -0.25) is 9.44 Å². The van der Waals surface area contributed by atoms with Crippen LogP contribution < -0.4 is 20.1 Å². The van der Waals surface area contributed by atoms with Gasteiger partial charge in [-0.2, -0.15) is 0 Å². The van der Waals surface area contributed by atoms with Crippen molar-refractivity contribution in [1.29, 1.82) is 0 Å². The number of fused-ring (bicyclic) bond motifs is 2. The Bertz CT molecular complexity index is 2500. The number of rotatable bonds is 10. The molecule has 52 heavy (non-hydrogen) atoms. The fraction of sp³-hybridized carbons (Fsp3) is 0. The van der Waals surface area contributed by atoms with Crippen molar-refractivity contribution in [3.8, 4) is 11.5 Å². The van der Waals surface area contributed by atoms with Crippen molar-refractivity contribution in [2.75, 3.05) is 20.1 Å². The molecular formula is C35H26N4O11S2.